The molecule has 6 nitrogen and oxygen atoms in total. The topological polar surface area (TPSA) is 92.1 Å². The second-order valence-corrected chi connectivity index (χ2v) is 4.92. The highest BCUT2D eigenvalue weighted by Gasteiger charge is 2.31. The molecule has 98 valence electrons. The number of carbonyl (C=O) groups excluding carboxylic acids is 1. The summed E-state index contributed by atoms with van der Waals surface area (Å²) in [5, 5.41) is 11.8. The van der Waals surface area contributed by atoms with Gasteiger partial charge in [0.05, 0.1) is 6.04 Å². The molecule has 0 saturated carbocycles. The smallest absolute Gasteiger partial charge is 0.290 e. The molecule has 1 aliphatic rings. The van der Waals surface area contributed by atoms with E-state index in [-0.39, 0.29) is 23.5 Å². The van der Waals surface area contributed by atoms with Crippen molar-refractivity contribution in [3.05, 3.63) is 22.6 Å². The first-order valence-electron chi connectivity index (χ1n) is 5.67. The molecule has 1 aromatic heterocycles. The number of rotatable bonds is 2. The lowest BCUT2D eigenvalue weighted by Crippen LogP contribution is -2.50. The molecule has 18 heavy (non-hydrogen) atoms. The summed E-state index contributed by atoms with van der Waals surface area (Å²) in [4.78, 5) is 13.9. The first-order chi connectivity index (χ1) is 8.63. The van der Waals surface area contributed by atoms with Crippen LogP contribution in [0.3, 0.4) is 0 Å². The van der Waals surface area contributed by atoms with Gasteiger partial charge < -0.3 is 20.3 Å². The van der Waals surface area contributed by atoms with Gasteiger partial charge in [-0.2, -0.15) is 0 Å². The van der Waals surface area contributed by atoms with E-state index in [0.29, 0.717) is 17.6 Å². The Morgan fingerprint density at radius 3 is 2.94 bits per heavy atom. The van der Waals surface area contributed by atoms with Crippen LogP contribution in [0, 0.1) is 0 Å². The number of piperidine rings is 1. The van der Waals surface area contributed by atoms with Crippen LogP contribution >= 0.6 is 15.9 Å². The zero-order valence-electron chi connectivity index (χ0n) is 9.67. The average molecular weight is 316 g/mol. The molecule has 2 heterocycles. The Bertz CT molecular complexity index is 472. The SMILES string of the molecule is NC(=NO)C1CCCCN1C(=O)c1ccc(Br)o1. The summed E-state index contributed by atoms with van der Waals surface area (Å²) < 4.78 is 5.75. The monoisotopic (exact) mass is 315 g/mol. The molecule has 1 atom stereocenters. The molecule has 0 radical (unpaired) electrons. The van der Waals surface area contributed by atoms with E-state index in [9.17, 15) is 4.79 Å². The van der Waals surface area contributed by atoms with Crippen LogP contribution in [0.2, 0.25) is 0 Å². The van der Waals surface area contributed by atoms with Crippen LogP contribution in [0.1, 0.15) is 29.8 Å². The minimum Gasteiger partial charge on any atom is -0.444 e. The molecule has 1 saturated heterocycles. The molecule has 2 rings (SSSR count). The molecule has 7 heteroatoms. The highest BCUT2D eigenvalue weighted by atomic mass is 79.9. The normalized spacial score (nSPS) is 21.1. The number of hydrogen-bond acceptors (Lipinski definition) is 4. The van der Waals surface area contributed by atoms with Crippen molar-refractivity contribution in [2.75, 3.05) is 6.54 Å². The molecule has 1 aromatic rings. The van der Waals surface area contributed by atoms with Crippen LogP contribution in [0.4, 0.5) is 0 Å². The van der Waals surface area contributed by atoms with Gasteiger partial charge in [0.2, 0.25) is 0 Å². The number of hydrogen-bond donors (Lipinski definition) is 2. The molecule has 1 fully saturated rings. The van der Waals surface area contributed by atoms with Crippen molar-refractivity contribution >= 4 is 27.7 Å². The van der Waals surface area contributed by atoms with E-state index in [1.165, 1.54) is 0 Å². The maximum Gasteiger partial charge on any atom is 0.290 e. The number of oxime groups is 1. The average Bonchev–Trinajstić information content (AvgIpc) is 2.83. The van der Waals surface area contributed by atoms with Crippen molar-refractivity contribution in [3.8, 4) is 0 Å². The number of amides is 1. The van der Waals surface area contributed by atoms with Crippen molar-refractivity contribution in [2.45, 2.75) is 25.3 Å². The molecule has 0 bridgehead atoms. The quantitative estimate of drug-likeness (QED) is 0.376. The van der Waals surface area contributed by atoms with Crippen molar-refractivity contribution in [2.24, 2.45) is 10.9 Å². The fraction of sp³-hybridized carbons (Fsp3) is 0.455. The van der Waals surface area contributed by atoms with Gasteiger partial charge in [-0.05, 0) is 47.3 Å². The zero-order valence-corrected chi connectivity index (χ0v) is 11.3. The van der Waals surface area contributed by atoms with E-state index < -0.39 is 0 Å². The molecular formula is C11H14BrN3O3. The Kier molecular flexibility index (Phi) is 3.90. The number of halogens is 1. The van der Waals surface area contributed by atoms with Crippen molar-refractivity contribution < 1.29 is 14.4 Å². The number of amidine groups is 1. The van der Waals surface area contributed by atoms with Crippen LogP contribution < -0.4 is 5.73 Å². The molecular weight excluding hydrogens is 302 g/mol. The Morgan fingerprint density at radius 2 is 2.33 bits per heavy atom. The fourth-order valence-corrected chi connectivity index (χ4v) is 2.43. The standard InChI is InChI=1S/C11H14BrN3O3/c12-9-5-4-8(18-9)11(16)15-6-2-1-3-7(15)10(13)14-17/h4-5,7,17H,1-3,6H2,(H2,13,14). The summed E-state index contributed by atoms with van der Waals surface area (Å²) in [6.07, 6.45) is 2.55. The highest BCUT2D eigenvalue weighted by Crippen LogP contribution is 2.22. The Balaban J connectivity index is 2.21. The third-order valence-corrected chi connectivity index (χ3v) is 3.43. The number of likely N-dealkylation sites (tertiary alicyclic amines) is 1. The zero-order chi connectivity index (χ0) is 13.1. The Labute approximate surface area is 113 Å². The van der Waals surface area contributed by atoms with Crippen molar-refractivity contribution in [3.63, 3.8) is 0 Å². The lowest BCUT2D eigenvalue weighted by Gasteiger charge is -2.34. The largest absolute Gasteiger partial charge is 0.444 e. The fourth-order valence-electron chi connectivity index (χ4n) is 2.12. The van der Waals surface area contributed by atoms with Crippen LogP contribution in [0.5, 0.6) is 0 Å². The summed E-state index contributed by atoms with van der Waals surface area (Å²) in [6, 6.07) is 2.90. The van der Waals surface area contributed by atoms with Gasteiger partial charge in [-0.15, -0.1) is 0 Å². The molecule has 0 aromatic carbocycles. The lowest BCUT2D eigenvalue weighted by atomic mass is 10.0. The van der Waals surface area contributed by atoms with Crippen LogP contribution in [-0.4, -0.2) is 34.4 Å². The minimum absolute atomic E-state index is 0.0636. The summed E-state index contributed by atoms with van der Waals surface area (Å²) in [6.45, 7) is 0.581. The molecule has 1 unspecified atom stereocenters. The number of furan rings is 1. The molecule has 1 aliphatic heterocycles. The van der Waals surface area contributed by atoms with E-state index in [1.54, 1.807) is 17.0 Å². The number of nitrogens with zero attached hydrogens (tertiary/aromatic N) is 2. The van der Waals surface area contributed by atoms with Gasteiger partial charge >= 0.3 is 0 Å². The molecule has 1 amide bonds. The van der Waals surface area contributed by atoms with E-state index in [4.69, 9.17) is 15.4 Å². The van der Waals surface area contributed by atoms with E-state index in [2.05, 4.69) is 21.1 Å². The second-order valence-electron chi connectivity index (χ2n) is 4.14. The van der Waals surface area contributed by atoms with E-state index in [0.717, 1.165) is 12.8 Å². The Hall–Kier alpha value is -1.50. The van der Waals surface area contributed by atoms with Gasteiger partial charge in [-0.25, -0.2) is 0 Å². The predicted octanol–water partition coefficient (Wildman–Crippen LogP) is 1.78. The summed E-state index contributed by atoms with van der Waals surface area (Å²) >= 11 is 3.16. The first kappa shape index (κ1) is 12.9. The van der Waals surface area contributed by atoms with Gasteiger partial charge in [0.15, 0.2) is 16.3 Å². The van der Waals surface area contributed by atoms with Gasteiger partial charge in [-0.1, -0.05) is 5.16 Å². The lowest BCUT2D eigenvalue weighted by molar-refractivity contribution is 0.0643. The highest BCUT2D eigenvalue weighted by molar-refractivity contribution is 9.10. The van der Waals surface area contributed by atoms with Gasteiger partial charge in [0, 0.05) is 6.54 Å². The maximum absolute atomic E-state index is 12.3. The van der Waals surface area contributed by atoms with Crippen LogP contribution in [0.15, 0.2) is 26.4 Å². The first-order valence-corrected chi connectivity index (χ1v) is 6.46. The van der Waals surface area contributed by atoms with Crippen molar-refractivity contribution in [1.82, 2.24) is 4.90 Å². The third kappa shape index (κ3) is 2.50. The Morgan fingerprint density at radius 1 is 1.56 bits per heavy atom. The molecule has 0 spiro atoms. The minimum atomic E-state index is -0.361. The summed E-state index contributed by atoms with van der Waals surface area (Å²) in [5.74, 6) is 0.0742. The van der Waals surface area contributed by atoms with Crippen LogP contribution in [-0.2, 0) is 0 Å². The van der Waals surface area contributed by atoms with Gasteiger partial charge in [0.25, 0.3) is 5.91 Å². The maximum atomic E-state index is 12.3. The predicted molar refractivity (Wildman–Crippen MR) is 68.5 cm³/mol. The van der Waals surface area contributed by atoms with E-state index >= 15 is 0 Å². The molecule has 3 N–H and O–H groups in total. The number of nitrogens with two attached hydrogens (primary N) is 1. The van der Waals surface area contributed by atoms with E-state index in [1.807, 2.05) is 0 Å². The second kappa shape index (κ2) is 5.43. The summed E-state index contributed by atoms with van der Waals surface area (Å²) in [5.41, 5.74) is 5.63. The van der Waals surface area contributed by atoms with Gasteiger partial charge in [-0.3, -0.25) is 4.79 Å². The van der Waals surface area contributed by atoms with Crippen molar-refractivity contribution in [1.29, 1.82) is 0 Å². The van der Waals surface area contributed by atoms with Gasteiger partial charge in [0.1, 0.15) is 0 Å². The third-order valence-electron chi connectivity index (χ3n) is 3.00. The summed E-state index contributed by atoms with van der Waals surface area (Å²) in [7, 11) is 0. The van der Waals surface area contributed by atoms with Crippen LogP contribution in [0.25, 0.3) is 0 Å². The number of carbonyl (C=O) groups is 1. The molecule has 0 aliphatic carbocycles.